The number of ether oxygens (including phenoxy) is 5. The van der Waals surface area contributed by atoms with E-state index in [1.165, 1.54) is 51.4 Å². The molecule has 274 valence electrons. The third-order valence-corrected chi connectivity index (χ3v) is 8.24. The van der Waals surface area contributed by atoms with Gasteiger partial charge in [-0.05, 0) is 41.8 Å². The second kappa shape index (κ2) is 23.7. The lowest BCUT2D eigenvalue weighted by molar-refractivity contribution is 0.0471. The Bertz CT molecular complexity index is 1500. The summed E-state index contributed by atoms with van der Waals surface area (Å²) in [5.41, 5.74) is 3.45. The topological polar surface area (TPSA) is 104 Å². The van der Waals surface area contributed by atoms with Crippen LogP contribution >= 0.6 is 0 Å². The van der Waals surface area contributed by atoms with Crippen LogP contribution in [-0.4, -0.2) is 36.0 Å². The molecule has 0 atom stereocenters. The van der Waals surface area contributed by atoms with E-state index in [4.69, 9.17) is 30.1 Å². The fourth-order valence-electron chi connectivity index (χ4n) is 5.49. The summed E-state index contributed by atoms with van der Waals surface area (Å²) in [5, 5.41) is 19.6. The minimum absolute atomic E-state index is 0.0412. The summed E-state index contributed by atoms with van der Waals surface area (Å²) in [6, 6.07) is 13.9. The Balaban J connectivity index is 1.60. The number of hydrogen-bond donors (Lipinski definition) is 2. The predicted molar refractivity (Wildman–Crippen MR) is 201 cm³/mol. The van der Waals surface area contributed by atoms with Crippen LogP contribution in [0.15, 0.2) is 73.8 Å². The Hall–Kier alpha value is -4.71. The molecular formula is C43H54O8. The zero-order valence-corrected chi connectivity index (χ0v) is 30.1. The molecule has 0 aromatic heterocycles. The molecule has 51 heavy (non-hydrogen) atoms. The van der Waals surface area contributed by atoms with E-state index >= 15 is 0 Å². The number of aliphatic hydroxyl groups is 2. The summed E-state index contributed by atoms with van der Waals surface area (Å²) in [5.74, 6) is 3.57. The molecule has 8 nitrogen and oxygen atoms in total. The smallest absolute Gasteiger partial charge is 0.338 e. The number of aliphatic hydroxyl groups excluding tert-OH is 2. The maximum absolute atomic E-state index is 13.2. The van der Waals surface area contributed by atoms with Crippen LogP contribution < -0.4 is 18.9 Å². The minimum Gasteiger partial charge on any atom is -0.488 e. The number of carbonyl (C=O) groups is 1. The molecule has 8 heteroatoms. The van der Waals surface area contributed by atoms with Gasteiger partial charge in [0.1, 0.15) is 32.2 Å². The van der Waals surface area contributed by atoms with Crippen molar-refractivity contribution in [3.8, 4) is 35.3 Å². The number of esters is 1. The molecule has 0 aliphatic heterocycles. The largest absolute Gasteiger partial charge is 0.488 e. The normalized spacial score (nSPS) is 10.6. The fraction of sp³-hybridized carbons (Fsp3) is 0.419. The first-order valence-electron chi connectivity index (χ1n) is 18.0. The van der Waals surface area contributed by atoms with Gasteiger partial charge in [0.15, 0.2) is 11.5 Å². The molecule has 0 amide bonds. The van der Waals surface area contributed by atoms with Crippen molar-refractivity contribution in [1.82, 2.24) is 0 Å². The molecule has 0 heterocycles. The van der Waals surface area contributed by atoms with Crippen LogP contribution in [0, 0.1) is 12.3 Å². The monoisotopic (exact) mass is 698 g/mol. The van der Waals surface area contributed by atoms with Crippen LogP contribution in [0.1, 0.15) is 109 Å². The maximum atomic E-state index is 13.2. The summed E-state index contributed by atoms with van der Waals surface area (Å²) in [7, 11) is 0. The lowest BCUT2D eigenvalue weighted by Gasteiger charge is -2.18. The molecule has 0 aliphatic carbocycles. The van der Waals surface area contributed by atoms with Crippen LogP contribution in [0.5, 0.6) is 23.0 Å². The first-order valence-corrected chi connectivity index (χ1v) is 18.0. The molecule has 0 saturated heterocycles. The Labute approximate surface area is 304 Å². The summed E-state index contributed by atoms with van der Waals surface area (Å²) in [6.07, 6.45) is 21.0. The summed E-state index contributed by atoms with van der Waals surface area (Å²) < 4.78 is 29.6. The van der Waals surface area contributed by atoms with E-state index in [0.29, 0.717) is 46.3 Å². The lowest BCUT2D eigenvalue weighted by atomic mass is 10.0. The van der Waals surface area contributed by atoms with E-state index in [-0.39, 0.29) is 45.2 Å². The fourth-order valence-corrected chi connectivity index (χ4v) is 5.49. The number of carbonyl (C=O) groups excluding carboxylic acids is 1. The van der Waals surface area contributed by atoms with E-state index in [1.54, 1.807) is 36.4 Å². The number of unbranched alkanes of at least 4 members (excludes halogenated alkanes) is 9. The van der Waals surface area contributed by atoms with Crippen molar-refractivity contribution in [3.63, 3.8) is 0 Å². The lowest BCUT2D eigenvalue weighted by Crippen LogP contribution is -2.09. The number of hydrogen-bond acceptors (Lipinski definition) is 8. The quantitative estimate of drug-likeness (QED) is 0.0371. The van der Waals surface area contributed by atoms with Crippen LogP contribution in [0.25, 0.3) is 0 Å². The van der Waals surface area contributed by atoms with Gasteiger partial charge < -0.3 is 33.9 Å². The Kier molecular flexibility index (Phi) is 18.9. The minimum atomic E-state index is -0.543. The summed E-state index contributed by atoms with van der Waals surface area (Å²) in [4.78, 5) is 13.2. The van der Waals surface area contributed by atoms with Gasteiger partial charge in [0.05, 0.1) is 25.4 Å². The van der Waals surface area contributed by atoms with Crippen molar-refractivity contribution >= 4 is 5.97 Å². The highest BCUT2D eigenvalue weighted by Crippen LogP contribution is 2.40. The van der Waals surface area contributed by atoms with Crippen molar-refractivity contribution in [2.45, 2.75) is 97.6 Å². The van der Waals surface area contributed by atoms with Crippen LogP contribution in [0.3, 0.4) is 0 Å². The molecule has 3 rings (SSSR count). The second-order valence-corrected chi connectivity index (χ2v) is 12.3. The van der Waals surface area contributed by atoms with Gasteiger partial charge in [-0.2, -0.15) is 0 Å². The van der Waals surface area contributed by atoms with E-state index in [2.05, 4.69) is 26.0 Å². The van der Waals surface area contributed by atoms with Crippen LogP contribution in [0.2, 0.25) is 0 Å². The SMILES string of the molecule is C#Cc1cc(CO)c(OCc2ccc(COC(=O)c3cc(OCC=C)c(OCCCCCCCCCCCC)c(OCC=C)c3)cc2)c(CO)c1. The highest BCUT2D eigenvalue weighted by molar-refractivity contribution is 5.91. The van der Waals surface area contributed by atoms with Crippen molar-refractivity contribution in [1.29, 1.82) is 0 Å². The molecule has 0 radical (unpaired) electrons. The van der Waals surface area contributed by atoms with E-state index in [9.17, 15) is 15.0 Å². The molecule has 0 unspecified atom stereocenters. The van der Waals surface area contributed by atoms with Crippen molar-refractivity contribution < 1.29 is 38.7 Å². The highest BCUT2D eigenvalue weighted by atomic mass is 16.5. The number of benzene rings is 3. The zero-order chi connectivity index (χ0) is 36.7. The molecule has 0 bridgehead atoms. The average molecular weight is 699 g/mol. The molecule has 0 aliphatic rings. The number of terminal acetylenes is 1. The zero-order valence-electron chi connectivity index (χ0n) is 30.1. The summed E-state index contributed by atoms with van der Waals surface area (Å²) >= 11 is 0. The van der Waals surface area contributed by atoms with Crippen LogP contribution in [-0.2, 0) is 31.2 Å². The molecule has 0 fully saturated rings. The van der Waals surface area contributed by atoms with Gasteiger partial charge in [-0.3, -0.25) is 0 Å². The van der Waals surface area contributed by atoms with Gasteiger partial charge in [0.2, 0.25) is 5.75 Å². The van der Waals surface area contributed by atoms with E-state index in [0.717, 1.165) is 24.0 Å². The Morgan fingerprint density at radius 3 is 1.71 bits per heavy atom. The molecule has 3 aromatic carbocycles. The highest BCUT2D eigenvalue weighted by Gasteiger charge is 2.20. The van der Waals surface area contributed by atoms with Crippen molar-refractivity contribution in [2.24, 2.45) is 0 Å². The number of rotatable bonds is 26. The third kappa shape index (κ3) is 13.8. The van der Waals surface area contributed by atoms with E-state index in [1.807, 2.05) is 24.3 Å². The van der Waals surface area contributed by atoms with Gasteiger partial charge in [-0.25, -0.2) is 4.79 Å². The molecule has 3 aromatic rings. The molecular weight excluding hydrogens is 644 g/mol. The first kappa shape index (κ1) is 40.7. The van der Waals surface area contributed by atoms with Gasteiger partial charge in [-0.15, -0.1) is 6.42 Å². The molecule has 2 N–H and O–H groups in total. The van der Waals surface area contributed by atoms with Crippen molar-refractivity contribution in [3.05, 3.63) is 107 Å². The predicted octanol–water partition coefficient (Wildman–Crippen LogP) is 9.02. The molecule has 0 saturated carbocycles. The Morgan fingerprint density at radius 2 is 1.22 bits per heavy atom. The van der Waals surface area contributed by atoms with Gasteiger partial charge >= 0.3 is 5.97 Å². The van der Waals surface area contributed by atoms with Gasteiger partial charge in [0.25, 0.3) is 0 Å². The average Bonchev–Trinajstić information content (AvgIpc) is 3.16. The standard InChI is InChI=1S/C43H54O8/c1-5-9-10-11-12-13-14-15-16-17-24-49-42-39(47-22-6-2)27-36(28-40(42)48-23-7-3)43(46)51-32-35-20-18-34(19-21-35)31-50-41-37(29-44)25-33(8-4)26-38(41)30-45/h4,6-7,18-21,25-28,44-45H,2-3,5,9-17,22-24,29-32H2,1H3. The summed E-state index contributed by atoms with van der Waals surface area (Å²) in [6.45, 7) is 10.4. The first-order chi connectivity index (χ1) is 25.0. The van der Waals surface area contributed by atoms with Crippen molar-refractivity contribution in [2.75, 3.05) is 19.8 Å². The van der Waals surface area contributed by atoms with E-state index < -0.39 is 5.97 Å². The maximum Gasteiger partial charge on any atom is 0.338 e. The Morgan fingerprint density at radius 1 is 0.706 bits per heavy atom. The molecule has 0 spiro atoms. The van der Waals surface area contributed by atoms with Gasteiger partial charge in [0, 0.05) is 16.7 Å². The van der Waals surface area contributed by atoms with Crippen LogP contribution in [0.4, 0.5) is 0 Å². The third-order valence-electron chi connectivity index (χ3n) is 8.24. The second-order valence-electron chi connectivity index (χ2n) is 12.3. The van der Waals surface area contributed by atoms with Gasteiger partial charge in [-0.1, -0.05) is 120 Å².